The fraction of sp³-hybridized carbons (Fsp3) is 0.381. The highest BCUT2D eigenvalue weighted by Gasteiger charge is 2.35. The maximum absolute atomic E-state index is 13.3. The van der Waals surface area contributed by atoms with Crippen molar-refractivity contribution in [2.24, 2.45) is 0 Å². The third kappa shape index (κ3) is 4.51. The Kier molecular flexibility index (Phi) is 6.02. The zero-order valence-corrected chi connectivity index (χ0v) is 18.4. The van der Waals surface area contributed by atoms with Gasteiger partial charge in [0.2, 0.25) is 0 Å². The molecule has 0 saturated carbocycles. The van der Waals surface area contributed by atoms with Gasteiger partial charge in [0.15, 0.2) is 11.6 Å². The van der Waals surface area contributed by atoms with Crippen molar-refractivity contribution in [3.05, 3.63) is 35.7 Å². The monoisotopic (exact) mass is 463 g/mol. The Morgan fingerprint density at radius 3 is 2.58 bits per heavy atom. The number of hydrogen-bond donors (Lipinski definition) is 3. The molecule has 3 aromatic rings. The largest absolute Gasteiger partial charge is 0.493 e. The number of methoxy groups -OCH3 is 1. The van der Waals surface area contributed by atoms with E-state index in [9.17, 15) is 18.0 Å². The number of H-pyrrole nitrogens is 1. The number of pyridine rings is 2. The standard InChI is InChI=1S/C21H24F3N7O2/c1-25-14-9-16(29-19-17(14)13(11-27-19)21(22,23)24)28-18-15(33-3)8-12(10-26-18)20(32)31-6-4-30(2)5-7-31/h8-11H,4-7H2,1-3H3,(H3,25,26,27,28,29). The summed E-state index contributed by atoms with van der Waals surface area (Å²) in [6, 6.07) is 3.04. The lowest BCUT2D eigenvalue weighted by Gasteiger charge is -2.32. The summed E-state index contributed by atoms with van der Waals surface area (Å²) in [5.74, 6) is 0.712. The van der Waals surface area contributed by atoms with Gasteiger partial charge in [-0.15, -0.1) is 0 Å². The first-order valence-corrected chi connectivity index (χ1v) is 10.3. The second-order valence-electron chi connectivity index (χ2n) is 7.72. The minimum absolute atomic E-state index is 0.0522. The van der Waals surface area contributed by atoms with E-state index < -0.39 is 11.7 Å². The number of ether oxygens (including phenoxy) is 1. The minimum atomic E-state index is -4.52. The second-order valence-corrected chi connectivity index (χ2v) is 7.72. The lowest BCUT2D eigenvalue weighted by atomic mass is 10.1. The summed E-state index contributed by atoms with van der Waals surface area (Å²) in [5, 5.41) is 5.70. The van der Waals surface area contributed by atoms with Crippen LogP contribution in [0, 0.1) is 0 Å². The topological polar surface area (TPSA) is 98.4 Å². The van der Waals surface area contributed by atoms with Crippen LogP contribution in [0.3, 0.4) is 0 Å². The molecule has 1 saturated heterocycles. The number of carbonyl (C=O) groups is 1. The van der Waals surface area contributed by atoms with Crippen molar-refractivity contribution < 1.29 is 22.7 Å². The maximum atomic E-state index is 13.3. The van der Waals surface area contributed by atoms with E-state index in [1.807, 2.05) is 7.05 Å². The van der Waals surface area contributed by atoms with Crippen molar-refractivity contribution in [3.63, 3.8) is 0 Å². The van der Waals surface area contributed by atoms with Gasteiger partial charge in [-0.3, -0.25) is 4.79 Å². The smallest absolute Gasteiger partial charge is 0.418 e. The van der Waals surface area contributed by atoms with Crippen LogP contribution in [0.15, 0.2) is 24.5 Å². The summed E-state index contributed by atoms with van der Waals surface area (Å²) in [5.41, 5.74) is -0.0988. The van der Waals surface area contributed by atoms with Crippen molar-refractivity contribution >= 4 is 34.3 Å². The Balaban J connectivity index is 1.62. The molecule has 4 rings (SSSR count). The summed E-state index contributed by atoms with van der Waals surface area (Å²) in [6.07, 6.45) is -2.18. The molecule has 0 bridgehead atoms. The molecule has 0 aromatic carbocycles. The SMILES string of the molecule is CNc1cc(Nc2ncc(C(=O)N3CCN(C)CC3)cc2OC)nc2[nH]cc(C(F)(F)F)c12. The highest BCUT2D eigenvalue weighted by Crippen LogP contribution is 2.39. The van der Waals surface area contributed by atoms with E-state index in [1.54, 1.807) is 11.0 Å². The molecule has 176 valence electrons. The van der Waals surface area contributed by atoms with E-state index in [1.165, 1.54) is 26.4 Å². The third-order valence-electron chi connectivity index (χ3n) is 5.57. The third-order valence-corrected chi connectivity index (χ3v) is 5.57. The molecule has 0 atom stereocenters. The Morgan fingerprint density at radius 2 is 1.94 bits per heavy atom. The van der Waals surface area contributed by atoms with Gasteiger partial charge in [0.1, 0.15) is 11.5 Å². The molecule has 1 aliphatic heterocycles. The van der Waals surface area contributed by atoms with Crippen molar-refractivity contribution in [2.45, 2.75) is 6.18 Å². The Bertz CT molecular complexity index is 1170. The Morgan fingerprint density at radius 1 is 1.21 bits per heavy atom. The van der Waals surface area contributed by atoms with Crippen LogP contribution in [0.1, 0.15) is 15.9 Å². The normalized spacial score (nSPS) is 15.0. The number of rotatable bonds is 5. The number of nitrogens with one attached hydrogen (secondary N) is 3. The van der Waals surface area contributed by atoms with E-state index in [4.69, 9.17) is 4.74 Å². The first kappa shape index (κ1) is 22.6. The van der Waals surface area contributed by atoms with E-state index in [0.717, 1.165) is 19.3 Å². The highest BCUT2D eigenvalue weighted by molar-refractivity contribution is 5.96. The van der Waals surface area contributed by atoms with Crippen molar-refractivity contribution in [3.8, 4) is 5.75 Å². The van der Waals surface area contributed by atoms with E-state index in [2.05, 4.69) is 30.5 Å². The number of anilines is 3. The predicted octanol–water partition coefficient (Wildman–Crippen LogP) is 3.16. The molecule has 33 heavy (non-hydrogen) atoms. The summed E-state index contributed by atoms with van der Waals surface area (Å²) in [6.45, 7) is 2.86. The number of alkyl halides is 3. The quantitative estimate of drug-likeness (QED) is 0.535. The summed E-state index contributed by atoms with van der Waals surface area (Å²) in [4.78, 5) is 27.9. The summed E-state index contributed by atoms with van der Waals surface area (Å²) >= 11 is 0. The number of carbonyl (C=O) groups excluding carboxylic acids is 1. The van der Waals surface area contributed by atoms with Crippen molar-refractivity contribution in [2.75, 3.05) is 58.0 Å². The molecule has 0 aliphatic carbocycles. The molecule has 1 amide bonds. The van der Waals surface area contributed by atoms with Crippen molar-refractivity contribution in [1.82, 2.24) is 24.8 Å². The number of halogens is 3. The molecular weight excluding hydrogens is 439 g/mol. The zero-order valence-electron chi connectivity index (χ0n) is 18.4. The van der Waals surface area contributed by atoms with Crippen LogP contribution < -0.4 is 15.4 Å². The molecule has 1 fully saturated rings. The van der Waals surface area contributed by atoms with Gasteiger partial charge in [-0.05, 0) is 13.1 Å². The number of likely N-dealkylation sites (N-methyl/N-ethyl adjacent to an activating group) is 1. The van der Waals surface area contributed by atoms with Gasteiger partial charge in [-0.25, -0.2) is 9.97 Å². The first-order valence-electron chi connectivity index (χ1n) is 10.3. The van der Waals surface area contributed by atoms with Gasteiger partial charge in [-0.1, -0.05) is 0 Å². The van der Waals surface area contributed by atoms with Crippen LogP contribution >= 0.6 is 0 Å². The average molecular weight is 463 g/mol. The Hall–Kier alpha value is -3.54. The first-order chi connectivity index (χ1) is 15.7. The molecule has 9 nitrogen and oxygen atoms in total. The predicted molar refractivity (Wildman–Crippen MR) is 118 cm³/mol. The number of aromatic nitrogens is 3. The van der Waals surface area contributed by atoms with Gasteiger partial charge < -0.3 is 30.2 Å². The molecule has 0 spiro atoms. The molecule has 4 heterocycles. The molecule has 0 unspecified atom stereocenters. The van der Waals surface area contributed by atoms with Gasteiger partial charge in [-0.2, -0.15) is 13.2 Å². The van der Waals surface area contributed by atoms with Gasteiger partial charge in [0, 0.05) is 57.4 Å². The molecule has 3 aromatic heterocycles. The number of amides is 1. The number of hydrogen-bond acceptors (Lipinski definition) is 7. The van der Waals surface area contributed by atoms with Crippen LogP contribution in [0.25, 0.3) is 11.0 Å². The number of fused-ring (bicyclic) bond motifs is 1. The van der Waals surface area contributed by atoms with E-state index >= 15 is 0 Å². The van der Waals surface area contributed by atoms with Crippen LogP contribution in [-0.4, -0.2) is 78.0 Å². The van der Waals surface area contributed by atoms with Crippen LogP contribution in [0.4, 0.5) is 30.5 Å². The zero-order chi connectivity index (χ0) is 23.8. The van der Waals surface area contributed by atoms with Crippen LogP contribution in [-0.2, 0) is 6.18 Å². The number of piperazine rings is 1. The fourth-order valence-electron chi connectivity index (χ4n) is 3.74. The Labute approximate surface area is 187 Å². The van der Waals surface area contributed by atoms with Gasteiger partial charge >= 0.3 is 6.18 Å². The fourth-order valence-corrected chi connectivity index (χ4v) is 3.74. The van der Waals surface area contributed by atoms with E-state index in [0.29, 0.717) is 24.4 Å². The van der Waals surface area contributed by atoms with Gasteiger partial charge in [0.25, 0.3) is 5.91 Å². The summed E-state index contributed by atoms with van der Waals surface area (Å²) < 4.78 is 45.4. The summed E-state index contributed by atoms with van der Waals surface area (Å²) in [7, 11) is 4.99. The lowest BCUT2D eigenvalue weighted by Crippen LogP contribution is -2.47. The molecule has 12 heteroatoms. The molecule has 1 aliphatic rings. The lowest BCUT2D eigenvalue weighted by molar-refractivity contribution is -0.136. The van der Waals surface area contributed by atoms with Crippen LogP contribution in [0.5, 0.6) is 5.75 Å². The molecular formula is C21H24F3N7O2. The average Bonchev–Trinajstić information content (AvgIpc) is 3.23. The van der Waals surface area contributed by atoms with Crippen LogP contribution in [0.2, 0.25) is 0 Å². The minimum Gasteiger partial charge on any atom is -0.493 e. The van der Waals surface area contributed by atoms with Crippen molar-refractivity contribution in [1.29, 1.82) is 0 Å². The molecule has 0 radical (unpaired) electrons. The number of nitrogens with zero attached hydrogens (tertiary/aromatic N) is 4. The second kappa shape index (κ2) is 8.77. The highest BCUT2D eigenvalue weighted by atomic mass is 19.4. The number of aromatic amines is 1. The molecule has 3 N–H and O–H groups in total. The van der Waals surface area contributed by atoms with E-state index in [-0.39, 0.29) is 34.3 Å². The van der Waals surface area contributed by atoms with Gasteiger partial charge in [0.05, 0.1) is 23.6 Å². The maximum Gasteiger partial charge on any atom is 0.418 e.